The Morgan fingerprint density at radius 1 is 1.22 bits per heavy atom. The summed E-state index contributed by atoms with van der Waals surface area (Å²) in [5.74, 6) is 5.74. The van der Waals surface area contributed by atoms with E-state index in [0.717, 1.165) is 13.0 Å². The fourth-order valence-electron chi connectivity index (χ4n) is 0.943. The first-order chi connectivity index (χ1) is 4.13. The highest BCUT2D eigenvalue weighted by atomic mass is 27.2. The van der Waals surface area contributed by atoms with Crippen molar-refractivity contribution in [3.8, 4) is 0 Å². The average molecular weight is 146 g/mol. The van der Waals surface area contributed by atoms with E-state index in [-0.39, 0.29) is 14.1 Å². The molecular weight excluding hydrogens is 127 g/mol. The summed E-state index contributed by atoms with van der Waals surface area (Å²) in [6.07, 6.45) is 0. The standard InChI is InChI=1S/C4H9.CH4O.2CH3.Al/c1-4(2)3;1-2;;;/h4H,1H2,2-3H3;2H,1H3;2*1H3;. The van der Waals surface area contributed by atoms with Crippen molar-refractivity contribution in [1.82, 2.24) is 0 Å². The van der Waals surface area contributed by atoms with Gasteiger partial charge < -0.3 is 5.11 Å². The Morgan fingerprint density at radius 2 is 1.56 bits per heavy atom. The van der Waals surface area contributed by atoms with Gasteiger partial charge in [0.25, 0.3) is 14.1 Å². The molecule has 0 aliphatic carbocycles. The average Bonchev–Trinajstić information content (AvgIpc) is 1.68. The van der Waals surface area contributed by atoms with E-state index in [1.165, 1.54) is 5.28 Å². The molecule has 1 nitrogen and oxygen atoms in total. The van der Waals surface area contributed by atoms with E-state index in [4.69, 9.17) is 5.11 Å². The summed E-state index contributed by atoms with van der Waals surface area (Å²) in [5, 5.41) is 8.50. The molecule has 9 heavy (non-hydrogen) atoms. The van der Waals surface area contributed by atoms with Crippen LogP contribution in [0.4, 0.5) is 0 Å². The van der Waals surface area contributed by atoms with Crippen LogP contribution in [0.3, 0.4) is 0 Å². The molecule has 2 heteroatoms. The van der Waals surface area contributed by atoms with E-state index in [2.05, 4.69) is 25.4 Å². The molecule has 56 valence electrons. The minimum Gasteiger partial charge on any atom is -0.400 e. The smallest absolute Gasteiger partial charge is 0.255 e. The summed E-state index contributed by atoms with van der Waals surface area (Å²) in [4.78, 5) is 0. The fourth-order valence-corrected chi connectivity index (χ4v) is 2.83. The monoisotopic (exact) mass is 146 g/mol. The number of rotatable bonds is 2. The summed E-state index contributed by atoms with van der Waals surface area (Å²) in [6, 6.07) is 0. The molecule has 1 N–H and O–H groups in total. The van der Waals surface area contributed by atoms with E-state index >= 15 is 0 Å². The second kappa shape index (κ2) is 8.49. The third-order valence-electron chi connectivity index (χ3n) is 0.943. The van der Waals surface area contributed by atoms with Gasteiger partial charge in [0.2, 0.25) is 0 Å². The lowest BCUT2D eigenvalue weighted by Crippen LogP contribution is -2.02. The topological polar surface area (TPSA) is 20.2 Å². The van der Waals surface area contributed by atoms with Gasteiger partial charge in [0.15, 0.2) is 0 Å². The van der Waals surface area contributed by atoms with Crippen LogP contribution < -0.4 is 0 Å². The SMILES string of the molecule is CC(C)[CH2][Al]([CH3])[CH3].CO. The quantitative estimate of drug-likeness (QED) is 0.591. The summed E-state index contributed by atoms with van der Waals surface area (Å²) >= 11 is -0.228. The molecule has 0 spiro atoms. The molecule has 0 rings (SSSR count). The van der Waals surface area contributed by atoms with Crippen molar-refractivity contribution < 1.29 is 5.11 Å². The van der Waals surface area contributed by atoms with Gasteiger partial charge in [0, 0.05) is 7.11 Å². The van der Waals surface area contributed by atoms with Crippen molar-refractivity contribution in [3.05, 3.63) is 0 Å². The molecule has 0 saturated heterocycles. The zero-order chi connectivity index (χ0) is 7.86. The predicted octanol–water partition coefficient (Wildman–Crippen LogP) is 2.01. The number of hydrogen-bond donors (Lipinski definition) is 1. The first-order valence-electron chi connectivity index (χ1n) is 3.57. The van der Waals surface area contributed by atoms with Crippen molar-refractivity contribution in [3.63, 3.8) is 0 Å². The van der Waals surface area contributed by atoms with Gasteiger partial charge in [0.1, 0.15) is 0 Å². The molecule has 0 aliphatic rings. The molecule has 0 unspecified atom stereocenters. The van der Waals surface area contributed by atoms with Crippen LogP contribution in [-0.2, 0) is 0 Å². The van der Waals surface area contributed by atoms with Gasteiger partial charge in [-0.3, -0.25) is 0 Å². The summed E-state index contributed by atoms with van der Waals surface area (Å²) < 4.78 is 0. The molecule has 0 atom stereocenters. The molecule has 0 aromatic heterocycles. The lowest BCUT2D eigenvalue weighted by atomic mass is 10.3. The maximum atomic E-state index is 7.00. The van der Waals surface area contributed by atoms with Crippen LogP contribution in [0.1, 0.15) is 13.8 Å². The molecular formula is C7H19AlO. The highest BCUT2D eigenvalue weighted by molar-refractivity contribution is 6.55. The van der Waals surface area contributed by atoms with Gasteiger partial charge in [-0.25, -0.2) is 0 Å². The van der Waals surface area contributed by atoms with Crippen molar-refractivity contribution in [1.29, 1.82) is 0 Å². The Hall–Kier alpha value is 0.492. The second-order valence-electron chi connectivity index (χ2n) is 3.02. The Morgan fingerprint density at radius 3 is 1.56 bits per heavy atom. The van der Waals surface area contributed by atoms with E-state index in [0.29, 0.717) is 0 Å². The van der Waals surface area contributed by atoms with E-state index in [1.54, 1.807) is 0 Å². The maximum Gasteiger partial charge on any atom is 0.255 e. The van der Waals surface area contributed by atoms with E-state index in [1.807, 2.05) is 0 Å². The minimum absolute atomic E-state index is 0.228. The third-order valence-corrected chi connectivity index (χ3v) is 2.83. The molecule has 0 radical (unpaired) electrons. The number of aliphatic hydroxyl groups is 1. The molecule has 0 amide bonds. The van der Waals surface area contributed by atoms with Gasteiger partial charge in [-0.05, 0) is 0 Å². The first kappa shape index (κ1) is 12.2. The molecule has 0 bridgehead atoms. The van der Waals surface area contributed by atoms with Gasteiger partial charge in [0.05, 0.1) is 0 Å². The number of aliphatic hydroxyl groups excluding tert-OH is 1. The van der Waals surface area contributed by atoms with Gasteiger partial charge in [-0.2, -0.15) is 0 Å². The summed E-state index contributed by atoms with van der Waals surface area (Å²) in [5.41, 5.74) is 0. The van der Waals surface area contributed by atoms with Crippen LogP contribution in [0, 0.1) is 5.92 Å². The summed E-state index contributed by atoms with van der Waals surface area (Å²) in [7, 11) is 1.00. The van der Waals surface area contributed by atoms with E-state index < -0.39 is 0 Å². The highest BCUT2D eigenvalue weighted by Gasteiger charge is 2.02. The van der Waals surface area contributed by atoms with Crippen LogP contribution >= 0.6 is 0 Å². The predicted molar refractivity (Wildman–Crippen MR) is 45.3 cm³/mol. The zero-order valence-corrected chi connectivity index (χ0v) is 8.46. The Kier molecular flexibility index (Phi) is 11.5. The molecule has 0 aromatic rings. The van der Waals surface area contributed by atoms with Crippen molar-refractivity contribution in [2.24, 2.45) is 5.92 Å². The first-order valence-corrected chi connectivity index (χ1v) is 6.70. The lowest BCUT2D eigenvalue weighted by Gasteiger charge is -2.01. The number of hydrogen-bond acceptors (Lipinski definition) is 1. The minimum atomic E-state index is -0.228. The van der Waals surface area contributed by atoms with Crippen LogP contribution in [0.25, 0.3) is 0 Å². The Balaban J connectivity index is 0. The van der Waals surface area contributed by atoms with Crippen LogP contribution in [0.5, 0.6) is 0 Å². The molecule has 0 fully saturated rings. The molecule has 0 aromatic carbocycles. The zero-order valence-electron chi connectivity index (χ0n) is 7.31. The van der Waals surface area contributed by atoms with Crippen molar-refractivity contribution in [2.75, 3.05) is 7.11 Å². The molecule has 0 heterocycles. The lowest BCUT2D eigenvalue weighted by molar-refractivity contribution is 0.399. The van der Waals surface area contributed by atoms with Crippen molar-refractivity contribution in [2.45, 2.75) is 30.7 Å². The summed E-state index contributed by atoms with van der Waals surface area (Å²) in [6.45, 7) is 4.60. The van der Waals surface area contributed by atoms with Gasteiger partial charge in [-0.1, -0.05) is 25.0 Å². The van der Waals surface area contributed by atoms with Gasteiger partial charge in [-0.15, -0.1) is 11.6 Å². The Bertz CT molecular complexity index is 38.2. The maximum absolute atomic E-state index is 7.00. The van der Waals surface area contributed by atoms with Gasteiger partial charge >= 0.3 is 0 Å². The van der Waals surface area contributed by atoms with Crippen LogP contribution in [-0.4, -0.2) is 26.4 Å². The third kappa shape index (κ3) is 17.7. The fraction of sp³-hybridized carbons (Fsp3) is 1.00. The van der Waals surface area contributed by atoms with Crippen LogP contribution in [0.15, 0.2) is 0 Å². The Labute approximate surface area is 63.5 Å². The largest absolute Gasteiger partial charge is 0.400 e. The normalized spacial score (nSPS) is 8.33. The molecule has 0 aliphatic heterocycles. The van der Waals surface area contributed by atoms with E-state index in [9.17, 15) is 0 Å². The second-order valence-corrected chi connectivity index (χ2v) is 6.28. The highest BCUT2D eigenvalue weighted by Crippen LogP contribution is 2.03. The molecule has 0 saturated carbocycles. The van der Waals surface area contributed by atoms with Crippen molar-refractivity contribution >= 4 is 14.1 Å². The van der Waals surface area contributed by atoms with Crippen LogP contribution in [0.2, 0.25) is 16.9 Å².